The summed E-state index contributed by atoms with van der Waals surface area (Å²) in [6.45, 7) is 3.04. The lowest BCUT2D eigenvalue weighted by molar-refractivity contribution is -0.119. The summed E-state index contributed by atoms with van der Waals surface area (Å²) in [5.74, 6) is 0.640. The molecule has 1 fully saturated rings. The van der Waals surface area contributed by atoms with E-state index in [1.807, 2.05) is 38.2 Å². The fraction of sp³-hybridized carbons (Fsp3) is 0.455. The number of benzene rings is 1. The predicted molar refractivity (Wildman–Crippen MR) is 109 cm³/mol. The first-order valence-electron chi connectivity index (χ1n) is 9.89. The third kappa shape index (κ3) is 3.44. The van der Waals surface area contributed by atoms with E-state index in [9.17, 15) is 9.59 Å². The minimum atomic E-state index is -0.0805. The van der Waals surface area contributed by atoms with Crippen LogP contribution < -0.4 is 10.2 Å². The van der Waals surface area contributed by atoms with Crippen LogP contribution in [0.3, 0.4) is 0 Å². The molecule has 4 rings (SSSR count). The topological polar surface area (TPSA) is 63.6 Å². The lowest BCUT2D eigenvalue weighted by Crippen LogP contribution is -2.37. The largest absolute Gasteiger partial charge is 0.383 e. The Balaban J connectivity index is 1.54. The van der Waals surface area contributed by atoms with Crippen molar-refractivity contribution in [3.8, 4) is 0 Å². The number of anilines is 2. The van der Waals surface area contributed by atoms with Gasteiger partial charge < -0.3 is 19.5 Å². The maximum atomic E-state index is 12.9. The molecule has 1 aromatic heterocycles. The van der Waals surface area contributed by atoms with Gasteiger partial charge in [0.2, 0.25) is 5.91 Å². The monoisotopic (exact) mass is 381 g/mol. The second-order valence-corrected chi connectivity index (χ2v) is 7.74. The molecule has 1 saturated carbocycles. The maximum absolute atomic E-state index is 12.9. The van der Waals surface area contributed by atoms with Crippen LogP contribution in [0.2, 0.25) is 0 Å². The maximum Gasteiger partial charge on any atom is 0.257 e. The summed E-state index contributed by atoms with van der Waals surface area (Å²) in [5, 5.41) is 3.04. The number of aromatic nitrogens is 1. The zero-order valence-electron chi connectivity index (χ0n) is 16.7. The highest BCUT2D eigenvalue weighted by atomic mass is 16.5. The Morgan fingerprint density at radius 1 is 1.25 bits per heavy atom. The van der Waals surface area contributed by atoms with Crippen LogP contribution >= 0.6 is 0 Å². The molecule has 2 heterocycles. The lowest BCUT2D eigenvalue weighted by atomic mass is 10.0. The molecule has 2 amide bonds. The number of ether oxygens (including phenoxy) is 1. The molecule has 0 bridgehead atoms. The zero-order valence-corrected chi connectivity index (χ0v) is 16.7. The highest BCUT2D eigenvalue weighted by Crippen LogP contribution is 2.41. The van der Waals surface area contributed by atoms with Gasteiger partial charge in [-0.15, -0.1) is 0 Å². The van der Waals surface area contributed by atoms with Crippen LogP contribution in [0.1, 0.15) is 52.5 Å². The second-order valence-electron chi connectivity index (χ2n) is 7.74. The summed E-state index contributed by atoms with van der Waals surface area (Å²) in [4.78, 5) is 26.9. The Morgan fingerprint density at radius 2 is 2.04 bits per heavy atom. The third-order valence-electron chi connectivity index (χ3n) is 5.87. The summed E-state index contributed by atoms with van der Waals surface area (Å²) >= 11 is 0. The van der Waals surface area contributed by atoms with Crippen LogP contribution in [0.15, 0.2) is 24.3 Å². The minimum Gasteiger partial charge on any atom is -0.383 e. The highest BCUT2D eigenvalue weighted by molar-refractivity contribution is 6.06. The van der Waals surface area contributed by atoms with E-state index in [2.05, 4.69) is 9.88 Å². The van der Waals surface area contributed by atoms with Crippen LogP contribution in [-0.4, -0.2) is 36.6 Å². The number of hydrogen-bond donors (Lipinski definition) is 1. The molecule has 0 unspecified atom stereocenters. The molecule has 1 N–H and O–H groups in total. The van der Waals surface area contributed by atoms with Crippen molar-refractivity contribution < 1.29 is 14.3 Å². The summed E-state index contributed by atoms with van der Waals surface area (Å²) in [7, 11) is 3.67. The molecule has 0 saturated heterocycles. The number of rotatable bonds is 6. The predicted octanol–water partition coefficient (Wildman–Crippen LogP) is 3.39. The van der Waals surface area contributed by atoms with Gasteiger partial charge in [0.15, 0.2) is 0 Å². The van der Waals surface area contributed by atoms with Crippen molar-refractivity contribution in [3.63, 3.8) is 0 Å². The van der Waals surface area contributed by atoms with Gasteiger partial charge in [-0.2, -0.15) is 0 Å². The number of nitrogens with zero attached hydrogens (tertiary/aromatic N) is 2. The SMILES string of the molecule is COCCN1C(=O)CCc2cc(NC(=O)c3cc(C4CC4)n(C)c3C)ccc21. The first-order chi connectivity index (χ1) is 13.5. The second kappa shape index (κ2) is 7.43. The van der Waals surface area contributed by atoms with Crippen molar-refractivity contribution >= 4 is 23.2 Å². The van der Waals surface area contributed by atoms with Crippen LogP contribution in [0, 0.1) is 6.92 Å². The average Bonchev–Trinajstić information content (AvgIpc) is 3.48. The summed E-state index contributed by atoms with van der Waals surface area (Å²) < 4.78 is 7.26. The van der Waals surface area contributed by atoms with E-state index >= 15 is 0 Å². The standard InChI is InChI=1S/C22H27N3O3/c1-14-18(13-20(24(14)2)15-4-5-15)22(27)23-17-7-8-19-16(12-17)6-9-21(26)25(19)10-11-28-3/h7-8,12-13,15H,4-6,9-11H2,1-3H3,(H,23,27). The smallest absolute Gasteiger partial charge is 0.257 e. The molecular weight excluding hydrogens is 354 g/mol. The van der Waals surface area contributed by atoms with Gasteiger partial charge in [-0.3, -0.25) is 9.59 Å². The van der Waals surface area contributed by atoms with Gasteiger partial charge in [0.1, 0.15) is 0 Å². The molecule has 6 heteroatoms. The van der Waals surface area contributed by atoms with Crippen molar-refractivity contribution in [2.75, 3.05) is 30.5 Å². The molecule has 1 aromatic carbocycles. The third-order valence-corrected chi connectivity index (χ3v) is 5.87. The Hall–Kier alpha value is -2.60. The fourth-order valence-corrected chi connectivity index (χ4v) is 3.99. The van der Waals surface area contributed by atoms with Gasteiger partial charge in [-0.25, -0.2) is 0 Å². The van der Waals surface area contributed by atoms with Crippen LogP contribution in [0.25, 0.3) is 0 Å². The Bertz CT molecular complexity index is 927. The molecule has 0 radical (unpaired) electrons. The van der Waals surface area contributed by atoms with E-state index in [-0.39, 0.29) is 11.8 Å². The van der Waals surface area contributed by atoms with Crippen LogP contribution in [0.5, 0.6) is 0 Å². The number of amides is 2. The Labute approximate surface area is 165 Å². The number of methoxy groups -OCH3 is 1. The molecule has 0 spiro atoms. The number of carbonyl (C=O) groups is 2. The quantitative estimate of drug-likeness (QED) is 0.834. The molecule has 6 nitrogen and oxygen atoms in total. The summed E-state index contributed by atoms with van der Waals surface area (Å²) in [5.41, 5.74) is 5.74. The van der Waals surface area contributed by atoms with E-state index in [0.717, 1.165) is 28.2 Å². The molecule has 1 aliphatic heterocycles. The number of aryl methyl sites for hydroxylation is 1. The molecule has 2 aliphatic rings. The number of nitrogens with one attached hydrogen (secondary N) is 1. The van der Waals surface area contributed by atoms with Crippen LogP contribution in [0.4, 0.5) is 11.4 Å². The van der Waals surface area contributed by atoms with Gasteiger partial charge in [-0.1, -0.05) is 0 Å². The molecular formula is C22H27N3O3. The summed E-state index contributed by atoms with van der Waals surface area (Å²) in [6, 6.07) is 7.81. The van der Waals surface area contributed by atoms with Gasteiger partial charge in [0, 0.05) is 49.9 Å². The minimum absolute atomic E-state index is 0.0805. The van der Waals surface area contributed by atoms with Crippen molar-refractivity contribution in [3.05, 3.63) is 46.8 Å². The van der Waals surface area contributed by atoms with Crippen molar-refractivity contribution in [2.45, 2.75) is 38.5 Å². The molecule has 1 aliphatic carbocycles. The Morgan fingerprint density at radius 3 is 2.75 bits per heavy atom. The number of carbonyl (C=O) groups excluding carboxylic acids is 2. The van der Waals surface area contributed by atoms with Gasteiger partial charge in [-0.05, 0) is 61.9 Å². The van der Waals surface area contributed by atoms with Gasteiger partial charge >= 0.3 is 0 Å². The normalized spacial score (nSPS) is 16.2. The molecule has 148 valence electrons. The average molecular weight is 381 g/mol. The van der Waals surface area contributed by atoms with E-state index in [4.69, 9.17) is 4.74 Å². The van der Waals surface area contributed by atoms with Gasteiger partial charge in [0.25, 0.3) is 5.91 Å². The zero-order chi connectivity index (χ0) is 19.8. The van der Waals surface area contributed by atoms with E-state index < -0.39 is 0 Å². The van der Waals surface area contributed by atoms with E-state index in [0.29, 0.717) is 31.9 Å². The van der Waals surface area contributed by atoms with Crippen molar-refractivity contribution in [1.82, 2.24) is 4.57 Å². The summed E-state index contributed by atoms with van der Waals surface area (Å²) in [6.07, 6.45) is 3.59. The first kappa shape index (κ1) is 18.7. The molecule has 2 aromatic rings. The fourth-order valence-electron chi connectivity index (χ4n) is 3.99. The van der Waals surface area contributed by atoms with Crippen molar-refractivity contribution in [1.29, 1.82) is 0 Å². The highest BCUT2D eigenvalue weighted by Gasteiger charge is 2.29. The lowest BCUT2D eigenvalue weighted by Gasteiger charge is -2.29. The van der Waals surface area contributed by atoms with E-state index in [1.165, 1.54) is 18.5 Å². The number of hydrogen-bond acceptors (Lipinski definition) is 3. The van der Waals surface area contributed by atoms with Crippen LogP contribution in [-0.2, 0) is 23.0 Å². The Kier molecular flexibility index (Phi) is 4.98. The molecule has 0 atom stereocenters. The number of fused-ring (bicyclic) bond motifs is 1. The first-order valence-corrected chi connectivity index (χ1v) is 9.89. The van der Waals surface area contributed by atoms with E-state index in [1.54, 1.807) is 12.0 Å². The van der Waals surface area contributed by atoms with Crippen molar-refractivity contribution in [2.24, 2.45) is 7.05 Å². The van der Waals surface area contributed by atoms with Gasteiger partial charge in [0.05, 0.1) is 12.2 Å². The molecule has 28 heavy (non-hydrogen) atoms.